The van der Waals surface area contributed by atoms with Gasteiger partial charge in [0, 0.05) is 11.1 Å². The van der Waals surface area contributed by atoms with Gasteiger partial charge in [-0.1, -0.05) is 22.9 Å². The van der Waals surface area contributed by atoms with Crippen molar-refractivity contribution in [2.24, 2.45) is 5.16 Å². The molecule has 11 heavy (non-hydrogen) atoms. The van der Waals surface area contributed by atoms with Crippen LogP contribution in [0.1, 0.15) is 16.7 Å². The van der Waals surface area contributed by atoms with Crippen LogP contribution in [0.2, 0.25) is 0 Å². The van der Waals surface area contributed by atoms with Crippen LogP contribution in [0.25, 0.3) is 0 Å². The molecule has 0 amide bonds. The van der Waals surface area contributed by atoms with Crippen LogP contribution in [0, 0.1) is 6.92 Å². The van der Waals surface area contributed by atoms with Crippen LogP contribution in [0.15, 0.2) is 23.4 Å². The van der Waals surface area contributed by atoms with Crippen LogP contribution in [-0.4, -0.2) is 6.21 Å². The highest BCUT2D eigenvalue weighted by Crippen LogP contribution is 2.14. The molecule has 0 fully saturated rings. The van der Waals surface area contributed by atoms with Crippen LogP contribution in [-0.2, 0) is 11.4 Å². The summed E-state index contributed by atoms with van der Waals surface area (Å²) in [4.78, 5) is 4.91. The van der Waals surface area contributed by atoms with Gasteiger partial charge in [-0.2, -0.15) is 0 Å². The van der Waals surface area contributed by atoms with Gasteiger partial charge in [0.25, 0.3) is 0 Å². The first-order chi connectivity index (χ1) is 5.36. The lowest BCUT2D eigenvalue weighted by atomic mass is 10.1. The molecule has 0 spiro atoms. The molecule has 0 aliphatic carbocycles. The number of hydrogen-bond donors (Lipinski definition) is 0. The molecular weight excluding hydrogens is 138 g/mol. The summed E-state index contributed by atoms with van der Waals surface area (Å²) < 4.78 is 0. The van der Waals surface area contributed by atoms with Crippen LogP contribution in [0.4, 0.5) is 0 Å². The van der Waals surface area contributed by atoms with Crippen molar-refractivity contribution >= 4 is 6.21 Å². The average Bonchev–Trinajstić information content (AvgIpc) is 2.04. The summed E-state index contributed by atoms with van der Waals surface area (Å²) in [6.45, 7) is 2.68. The molecule has 2 nitrogen and oxygen atoms in total. The fourth-order valence-electron chi connectivity index (χ4n) is 1.17. The van der Waals surface area contributed by atoms with Crippen LogP contribution < -0.4 is 0 Å². The van der Waals surface area contributed by atoms with Crippen LogP contribution in [0.3, 0.4) is 0 Å². The Morgan fingerprint density at radius 3 is 3.27 bits per heavy atom. The van der Waals surface area contributed by atoms with Gasteiger partial charge in [-0.3, -0.25) is 0 Å². The van der Waals surface area contributed by atoms with Crippen molar-refractivity contribution in [2.75, 3.05) is 0 Å². The van der Waals surface area contributed by atoms with Gasteiger partial charge in [-0.25, -0.2) is 0 Å². The molecule has 1 aliphatic rings. The Morgan fingerprint density at radius 2 is 2.36 bits per heavy atom. The van der Waals surface area contributed by atoms with E-state index in [1.165, 1.54) is 16.7 Å². The third-order valence-electron chi connectivity index (χ3n) is 1.79. The van der Waals surface area contributed by atoms with Gasteiger partial charge >= 0.3 is 0 Å². The highest BCUT2D eigenvalue weighted by Gasteiger charge is 2.04. The Bertz CT molecular complexity index is 304. The van der Waals surface area contributed by atoms with Crippen molar-refractivity contribution in [3.8, 4) is 0 Å². The predicted molar refractivity (Wildman–Crippen MR) is 43.6 cm³/mol. The van der Waals surface area contributed by atoms with E-state index in [0.29, 0.717) is 6.61 Å². The summed E-state index contributed by atoms with van der Waals surface area (Å²) in [7, 11) is 0. The smallest absolute Gasteiger partial charge is 0.142 e. The van der Waals surface area contributed by atoms with Crippen molar-refractivity contribution in [3.63, 3.8) is 0 Å². The lowest BCUT2D eigenvalue weighted by Gasteiger charge is -2.09. The number of oxime groups is 1. The van der Waals surface area contributed by atoms with Crippen molar-refractivity contribution < 1.29 is 4.84 Å². The van der Waals surface area contributed by atoms with Gasteiger partial charge in [0.15, 0.2) is 0 Å². The first-order valence-electron chi connectivity index (χ1n) is 3.61. The van der Waals surface area contributed by atoms with E-state index in [1.807, 2.05) is 0 Å². The summed E-state index contributed by atoms with van der Waals surface area (Å²) in [5.41, 5.74) is 3.65. The van der Waals surface area contributed by atoms with Crippen molar-refractivity contribution in [2.45, 2.75) is 13.5 Å². The number of aryl methyl sites for hydroxylation is 1. The topological polar surface area (TPSA) is 21.6 Å². The Morgan fingerprint density at radius 1 is 1.45 bits per heavy atom. The standard InChI is InChI=1S/C9H9NO/c1-7-2-3-8-6-11-10-5-9(8)4-7/h2-5H,6H2,1H3. The summed E-state index contributed by atoms with van der Waals surface area (Å²) in [5, 5.41) is 3.73. The molecule has 0 saturated carbocycles. The van der Waals surface area contributed by atoms with E-state index in [1.54, 1.807) is 6.21 Å². The molecule has 0 N–H and O–H groups in total. The molecule has 0 aromatic heterocycles. The summed E-state index contributed by atoms with van der Waals surface area (Å²) in [6, 6.07) is 6.28. The maximum atomic E-state index is 4.91. The zero-order valence-electron chi connectivity index (χ0n) is 6.37. The number of fused-ring (bicyclic) bond motifs is 1. The first-order valence-corrected chi connectivity index (χ1v) is 3.61. The van der Waals surface area contributed by atoms with E-state index in [0.717, 1.165) is 0 Å². The monoisotopic (exact) mass is 147 g/mol. The zero-order chi connectivity index (χ0) is 7.68. The molecule has 2 heteroatoms. The lowest BCUT2D eigenvalue weighted by molar-refractivity contribution is 0.128. The fraction of sp³-hybridized carbons (Fsp3) is 0.222. The predicted octanol–water partition coefficient (Wildman–Crippen LogP) is 1.86. The van der Waals surface area contributed by atoms with Crippen molar-refractivity contribution in [1.82, 2.24) is 0 Å². The first kappa shape index (κ1) is 6.40. The molecule has 1 aliphatic heterocycles. The van der Waals surface area contributed by atoms with E-state index in [9.17, 15) is 0 Å². The van der Waals surface area contributed by atoms with Crippen molar-refractivity contribution in [3.05, 3.63) is 34.9 Å². The molecule has 56 valence electrons. The van der Waals surface area contributed by atoms with E-state index >= 15 is 0 Å². The number of rotatable bonds is 0. The minimum absolute atomic E-state index is 0.603. The number of hydrogen-bond acceptors (Lipinski definition) is 2. The number of benzene rings is 1. The average molecular weight is 147 g/mol. The molecule has 0 radical (unpaired) electrons. The third kappa shape index (κ3) is 1.11. The second-order valence-electron chi connectivity index (χ2n) is 2.71. The molecule has 0 atom stereocenters. The highest BCUT2D eigenvalue weighted by atomic mass is 16.6. The molecule has 1 aromatic carbocycles. The van der Waals surface area contributed by atoms with Gasteiger partial charge in [0.2, 0.25) is 0 Å². The normalized spacial score (nSPS) is 13.9. The SMILES string of the molecule is Cc1ccc2c(c1)C=NOC2. The maximum absolute atomic E-state index is 4.91. The number of nitrogens with zero attached hydrogens (tertiary/aromatic N) is 1. The second kappa shape index (κ2) is 2.38. The Kier molecular flexibility index (Phi) is 1.39. The largest absolute Gasteiger partial charge is 0.391 e. The minimum atomic E-state index is 0.603. The lowest BCUT2D eigenvalue weighted by Crippen LogP contribution is -2.00. The minimum Gasteiger partial charge on any atom is -0.391 e. The molecule has 1 heterocycles. The van der Waals surface area contributed by atoms with E-state index in [-0.39, 0.29) is 0 Å². The van der Waals surface area contributed by atoms with Gasteiger partial charge in [-0.05, 0) is 13.0 Å². The summed E-state index contributed by atoms with van der Waals surface area (Å²) in [5.74, 6) is 0. The molecule has 0 bridgehead atoms. The van der Waals surface area contributed by atoms with Crippen molar-refractivity contribution in [1.29, 1.82) is 0 Å². The molecule has 2 rings (SSSR count). The van der Waals surface area contributed by atoms with Gasteiger partial charge in [-0.15, -0.1) is 0 Å². The second-order valence-corrected chi connectivity index (χ2v) is 2.71. The van der Waals surface area contributed by atoms with Crippen LogP contribution >= 0.6 is 0 Å². The van der Waals surface area contributed by atoms with E-state index < -0.39 is 0 Å². The Labute approximate surface area is 65.5 Å². The fourth-order valence-corrected chi connectivity index (χ4v) is 1.17. The highest BCUT2D eigenvalue weighted by molar-refractivity contribution is 5.82. The van der Waals surface area contributed by atoms with Crippen LogP contribution in [0.5, 0.6) is 0 Å². The zero-order valence-corrected chi connectivity index (χ0v) is 6.37. The quantitative estimate of drug-likeness (QED) is 0.548. The molecule has 0 saturated heterocycles. The van der Waals surface area contributed by atoms with E-state index in [2.05, 4.69) is 30.3 Å². The Hall–Kier alpha value is -1.31. The third-order valence-corrected chi connectivity index (χ3v) is 1.79. The van der Waals surface area contributed by atoms with Gasteiger partial charge in [0.05, 0.1) is 6.21 Å². The molecule has 1 aromatic rings. The maximum Gasteiger partial charge on any atom is 0.142 e. The molecular formula is C9H9NO. The molecule has 0 unspecified atom stereocenters. The van der Waals surface area contributed by atoms with Gasteiger partial charge in [0.1, 0.15) is 6.61 Å². The summed E-state index contributed by atoms with van der Waals surface area (Å²) >= 11 is 0. The Balaban J connectivity index is 2.54. The summed E-state index contributed by atoms with van der Waals surface area (Å²) in [6.07, 6.45) is 1.76. The van der Waals surface area contributed by atoms with E-state index in [4.69, 9.17) is 4.84 Å². The van der Waals surface area contributed by atoms with Gasteiger partial charge < -0.3 is 4.84 Å².